The van der Waals surface area contributed by atoms with Crippen LogP contribution in [0.15, 0.2) is 18.2 Å². The highest BCUT2D eigenvalue weighted by Gasteiger charge is 2.25. The predicted octanol–water partition coefficient (Wildman–Crippen LogP) is 2.23. The van der Waals surface area contributed by atoms with Crippen molar-refractivity contribution in [3.8, 4) is 0 Å². The van der Waals surface area contributed by atoms with Gasteiger partial charge in [0, 0.05) is 12.2 Å². The topological polar surface area (TPSA) is 49.3 Å². The van der Waals surface area contributed by atoms with E-state index in [1.165, 1.54) is 5.56 Å². The maximum Gasteiger partial charge on any atom is 0.311 e. The third-order valence-corrected chi connectivity index (χ3v) is 2.95. The number of carbonyl (C=O) groups is 1. The van der Waals surface area contributed by atoms with Gasteiger partial charge in [0.2, 0.25) is 0 Å². The van der Waals surface area contributed by atoms with Crippen LogP contribution in [-0.2, 0) is 11.2 Å². The quantitative estimate of drug-likeness (QED) is 0.778. The maximum absolute atomic E-state index is 11.1. The summed E-state index contributed by atoms with van der Waals surface area (Å²) in [5.41, 5.74) is 3.11. The molecule has 0 radical (unpaired) electrons. The molecule has 0 bridgehead atoms. The van der Waals surface area contributed by atoms with Crippen molar-refractivity contribution in [1.29, 1.82) is 0 Å². The minimum Gasteiger partial charge on any atom is -0.481 e. The number of anilines is 1. The van der Waals surface area contributed by atoms with Gasteiger partial charge in [-0.05, 0) is 30.0 Å². The third kappa shape index (κ3) is 1.82. The highest BCUT2D eigenvalue weighted by molar-refractivity contribution is 5.80. The number of rotatable bonds is 2. The lowest BCUT2D eigenvalue weighted by molar-refractivity contribution is -0.138. The second kappa shape index (κ2) is 3.93. The zero-order valence-electron chi connectivity index (χ0n) is 8.79. The molecule has 2 N–H and O–H groups in total. The molecule has 0 saturated heterocycles. The molecule has 3 heteroatoms. The normalized spacial score (nSPS) is 19.1. The van der Waals surface area contributed by atoms with Crippen LogP contribution in [0.25, 0.3) is 0 Å². The number of nitrogens with one attached hydrogen (secondary N) is 1. The maximum atomic E-state index is 11.1. The van der Waals surface area contributed by atoms with Crippen molar-refractivity contribution in [2.45, 2.75) is 25.7 Å². The van der Waals surface area contributed by atoms with Crippen LogP contribution < -0.4 is 5.32 Å². The van der Waals surface area contributed by atoms with Gasteiger partial charge in [0.25, 0.3) is 0 Å². The minimum atomic E-state index is -0.717. The van der Waals surface area contributed by atoms with E-state index in [1.807, 2.05) is 12.1 Å². The Morgan fingerprint density at radius 3 is 3.07 bits per heavy atom. The lowest BCUT2D eigenvalue weighted by atomic mass is 9.89. The summed E-state index contributed by atoms with van der Waals surface area (Å²) >= 11 is 0. The number of benzene rings is 1. The Bertz CT molecular complexity index is 387. The van der Waals surface area contributed by atoms with Gasteiger partial charge in [-0.3, -0.25) is 4.79 Å². The lowest BCUT2D eigenvalue weighted by Crippen LogP contribution is -2.22. The standard InChI is InChI=1S/C12H15NO2/c1-2-8-3-4-11-10(7-8)9(12(14)15)5-6-13-11/h3-4,7,9,13H,2,5-6H2,1H3,(H,14,15). The van der Waals surface area contributed by atoms with E-state index in [-0.39, 0.29) is 5.92 Å². The van der Waals surface area contributed by atoms with E-state index in [4.69, 9.17) is 5.11 Å². The largest absolute Gasteiger partial charge is 0.481 e. The Labute approximate surface area is 89.1 Å². The molecule has 0 amide bonds. The number of fused-ring (bicyclic) bond motifs is 1. The summed E-state index contributed by atoms with van der Waals surface area (Å²) in [6.45, 7) is 2.82. The van der Waals surface area contributed by atoms with Crippen molar-refractivity contribution in [2.24, 2.45) is 0 Å². The Morgan fingerprint density at radius 2 is 2.40 bits per heavy atom. The molecule has 0 aromatic heterocycles. The lowest BCUT2D eigenvalue weighted by Gasteiger charge is -2.24. The van der Waals surface area contributed by atoms with E-state index >= 15 is 0 Å². The molecule has 1 unspecified atom stereocenters. The Morgan fingerprint density at radius 1 is 1.60 bits per heavy atom. The Hall–Kier alpha value is -1.51. The van der Waals surface area contributed by atoms with Crippen LogP contribution in [0.3, 0.4) is 0 Å². The van der Waals surface area contributed by atoms with E-state index < -0.39 is 5.97 Å². The second-order valence-electron chi connectivity index (χ2n) is 3.88. The van der Waals surface area contributed by atoms with Crippen LogP contribution in [0.1, 0.15) is 30.4 Å². The van der Waals surface area contributed by atoms with Gasteiger partial charge >= 0.3 is 5.97 Å². The van der Waals surface area contributed by atoms with Gasteiger partial charge < -0.3 is 10.4 Å². The van der Waals surface area contributed by atoms with E-state index in [0.29, 0.717) is 6.42 Å². The van der Waals surface area contributed by atoms with Crippen molar-refractivity contribution < 1.29 is 9.90 Å². The zero-order chi connectivity index (χ0) is 10.8. The van der Waals surface area contributed by atoms with Gasteiger partial charge in [0.1, 0.15) is 0 Å². The molecule has 0 aliphatic carbocycles. The summed E-state index contributed by atoms with van der Waals surface area (Å²) in [6.07, 6.45) is 1.62. The molecule has 0 fully saturated rings. The van der Waals surface area contributed by atoms with Crippen LogP contribution in [0.2, 0.25) is 0 Å². The van der Waals surface area contributed by atoms with Crippen LogP contribution in [0, 0.1) is 0 Å². The minimum absolute atomic E-state index is 0.340. The highest BCUT2D eigenvalue weighted by atomic mass is 16.4. The fourth-order valence-electron chi connectivity index (χ4n) is 2.04. The molecule has 2 rings (SSSR count). The second-order valence-corrected chi connectivity index (χ2v) is 3.88. The van der Waals surface area contributed by atoms with Gasteiger partial charge in [0.05, 0.1) is 5.92 Å². The SMILES string of the molecule is CCc1ccc2c(c1)C(C(=O)O)CCN2. The highest BCUT2D eigenvalue weighted by Crippen LogP contribution is 2.32. The first-order chi connectivity index (χ1) is 7.22. The molecule has 1 aliphatic heterocycles. The number of hydrogen-bond donors (Lipinski definition) is 2. The summed E-state index contributed by atoms with van der Waals surface area (Å²) in [6, 6.07) is 6.06. The van der Waals surface area contributed by atoms with Crippen molar-refractivity contribution in [3.63, 3.8) is 0 Å². The molecular formula is C12H15NO2. The summed E-state index contributed by atoms with van der Waals surface area (Å²) in [4.78, 5) is 11.1. The third-order valence-electron chi connectivity index (χ3n) is 2.95. The summed E-state index contributed by atoms with van der Waals surface area (Å²) in [5.74, 6) is -1.06. The molecule has 1 aliphatic rings. The molecule has 15 heavy (non-hydrogen) atoms. The van der Waals surface area contributed by atoms with Gasteiger partial charge in [0.15, 0.2) is 0 Å². The van der Waals surface area contributed by atoms with Crippen molar-refractivity contribution >= 4 is 11.7 Å². The number of hydrogen-bond acceptors (Lipinski definition) is 2. The van der Waals surface area contributed by atoms with Gasteiger partial charge in [-0.2, -0.15) is 0 Å². The molecule has 0 saturated carbocycles. The van der Waals surface area contributed by atoms with Crippen LogP contribution in [0.5, 0.6) is 0 Å². The number of carboxylic acids is 1. The van der Waals surface area contributed by atoms with E-state index in [0.717, 1.165) is 24.2 Å². The fraction of sp³-hybridized carbons (Fsp3) is 0.417. The van der Waals surface area contributed by atoms with E-state index in [9.17, 15) is 4.79 Å². The molecule has 1 heterocycles. The molecule has 1 atom stereocenters. The van der Waals surface area contributed by atoms with Gasteiger partial charge in [-0.25, -0.2) is 0 Å². The number of aliphatic carboxylic acids is 1. The average Bonchev–Trinajstić information content (AvgIpc) is 2.27. The first-order valence-electron chi connectivity index (χ1n) is 5.32. The van der Waals surface area contributed by atoms with Crippen LogP contribution in [0.4, 0.5) is 5.69 Å². The molecule has 1 aromatic carbocycles. The van der Waals surface area contributed by atoms with E-state index in [1.54, 1.807) is 0 Å². The summed E-state index contributed by atoms with van der Waals surface area (Å²) < 4.78 is 0. The van der Waals surface area contributed by atoms with Gasteiger partial charge in [-0.1, -0.05) is 19.1 Å². The van der Waals surface area contributed by atoms with E-state index in [2.05, 4.69) is 18.3 Å². The Kier molecular flexibility index (Phi) is 2.62. The molecular weight excluding hydrogens is 190 g/mol. The zero-order valence-corrected chi connectivity index (χ0v) is 8.79. The fourth-order valence-corrected chi connectivity index (χ4v) is 2.04. The Balaban J connectivity index is 2.43. The van der Waals surface area contributed by atoms with Crippen molar-refractivity contribution in [3.05, 3.63) is 29.3 Å². The number of carboxylic acid groups (broad SMARTS) is 1. The van der Waals surface area contributed by atoms with Crippen molar-refractivity contribution in [1.82, 2.24) is 0 Å². The van der Waals surface area contributed by atoms with Crippen LogP contribution in [-0.4, -0.2) is 17.6 Å². The molecule has 0 spiro atoms. The molecule has 3 nitrogen and oxygen atoms in total. The molecule has 80 valence electrons. The van der Waals surface area contributed by atoms with Gasteiger partial charge in [-0.15, -0.1) is 0 Å². The smallest absolute Gasteiger partial charge is 0.311 e. The monoisotopic (exact) mass is 205 g/mol. The average molecular weight is 205 g/mol. The van der Waals surface area contributed by atoms with Crippen LogP contribution >= 0.6 is 0 Å². The first kappa shape index (κ1) is 10.0. The predicted molar refractivity (Wildman–Crippen MR) is 59.3 cm³/mol. The first-order valence-corrected chi connectivity index (χ1v) is 5.32. The van der Waals surface area contributed by atoms with Crippen molar-refractivity contribution in [2.75, 3.05) is 11.9 Å². The summed E-state index contributed by atoms with van der Waals surface area (Å²) in [5, 5.41) is 12.4. The number of aryl methyl sites for hydroxylation is 1. The molecule has 1 aromatic rings. The summed E-state index contributed by atoms with van der Waals surface area (Å²) in [7, 11) is 0.